The second kappa shape index (κ2) is 9.86. The lowest BCUT2D eigenvalue weighted by Gasteiger charge is -2.14. The van der Waals surface area contributed by atoms with Crippen molar-refractivity contribution in [1.29, 1.82) is 0 Å². The van der Waals surface area contributed by atoms with Crippen LogP contribution in [0, 0.1) is 6.92 Å². The number of hydrogen-bond donors (Lipinski definition) is 2. The first-order valence-electron chi connectivity index (χ1n) is 10.6. The molecule has 0 bridgehead atoms. The van der Waals surface area contributed by atoms with Crippen molar-refractivity contribution in [3.8, 4) is 5.75 Å². The summed E-state index contributed by atoms with van der Waals surface area (Å²) < 4.78 is 36.2. The van der Waals surface area contributed by atoms with Gasteiger partial charge in [-0.25, -0.2) is 9.59 Å². The van der Waals surface area contributed by atoms with E-state index in [1.807, 2.05) is 31.2 Å². The predicted molar refractivity (Wildman–Crippen MR) is 133 cm³/mol. The predicted octanol–water partition coefficient (Wildman–Crippen LogP) is 5.35. The molecule has 0 saturated heterocycles. The maximum atomic E-state index is 13.0. The van der Waals surface area contributed by atoms with Gasteiger partial charge in [-0.1, -0.05) is 48.5 Å². The number of esters is 1. The fourth-order valence-electron chi connectivity index (χ4n) is 3.43. The molecule has 0 aromatic heterocycles. The highest BCUT2D eigenvalue weighted by atomic mass is 32.2. The minimum absolute atomic E-state index is 0.0809. The number of fused-ring (bicyclic) bond motifs is 1. The molecular formula is C26H22N2O6S. The van der Waals surface area contributed by atoms with Crippen LogP contribution in [0.2, 0.25) is 0 Å². The Morgan fingerprint density at radius 1 is 0.800 bits per heavy atom. The average molecular weight is 491 g/mol. The van der Waals surface area contributed by atoms with Gasteiger partial charge in [-0.05, 0) is 53.6 Å². The first-order chi connectivity index (χ1) is 16.8. The lowest BCUT2D eigenvalue weighted by Crippen LogP contribution is -2.20. The zero-order chi connectivity index (χ0) is 25.0. The average Bonchev–Trinajstić information content (AvgIpc) is 2.84. The monoisotopic (exact) mass is 490 g/mol. The molecule has 0 aliphatic carbocycles. The van der Waals surface area contributed by atoms with Crippen LogP contribution >= 0.6 is 0 Å². The normalized spacial score (nSPS) is 11.0. The number of rotatable bonds is 6. The summed E-state index contributed by atoms with van der Waals surface area (Å²) in [5, 5.41) is 6.92. The Morgan fingerprint density at radius 2 is 1.51 bits per heavy atom. The lowest BCUT2D eigenvalue weighted by molar-refractivity contribution is 0.0599. The molecule has 2 amide bonds. The smallest absolute Gasteiger partial charge is 0.341 e. The first-order valence-corrected chi connectivity index (χ1v) is 12.0. The molecule has 0 unspecified atom stereocenters. The molecule has 0 saturated carbocycles. The van der Waals surface area contributed by atoms with Crippen LogP contribution in [0.5, 0.6) is 5.75 Å². The molecule has 178 valence electrons. The number of aryl methyl sites for hydroxylation is 1. The molecule has 0 aliphatic rings. The van der Waals surface area contributed by atoms with Crippen molar-refractivity contribution in [1.82, 2.24) is 0 Å². The van der Waals surface area contributed by atoms with Crippen LogP contribution < -0.4 is 14.8 Å². The first kappa shape index (κ1) is 23.8. The van der Waals surface area contributed by atoms with E-state index < -0.39 is 22.1 Å². The van der Waals surface area contributed by atoms with E-state index in [4.69, 9.17) is 8.92 Å². The van der Waals surface area contributed by atoms with E-state index in [9.17, 15) is 18.0 Å². The van der Waals surface area contributed by atoms with Gasteiger partial charge in [0.1, 0.15) is 10.5 Å². The van der Waals surface area contributed by atoms with E-state index in [-0.39, 0.29) is 21.9 Å². The minimum Gasteiger partial charge on any atom is -0.465 e. The lowest BCUT2D eigenvalue weighted by atomic mass is 10.1. The van der Waals surface area contributed by atoms with Gasteiger partial charge >= 0.3 is 22.1 Å². The molecule has 0 radical (unpaired) electrons. The highest BCUT2D eigenvalue weighted by Gasteiger charge is 2.23. The van der Waals surface area contributed by atoms with Crippen LogP contribution in [0.15, 0.2) is 89.8 Å². The van der Waals surface area contributed by atoms with Crippen LogP contribution in [-0.4, -0.2) is 27.5 Å². The van der Waals surface area contributed by atoms with Crippen molar-refractivity contribution in [2.24, 2.45) is 0 Å². The van der Waals surface area contributed by atoms with Crippen molar-refractivity contribution in [3.05, 3.63) is 96.1 Å². The Kier molecular flexibility index (Phi) is 6.70. The maximum absolute atomic E-state index is 13.0. The third kappa shape index (κ3) is 5.42. The number of methoxy groups -OCH3 is 1. The van der Waals surface area contributed by atoms with Crippen LogP contribution in [-0.2, 0) is 14.9 Å². The number of benzene rings is 4. The van der Waals surface area contributed by atoms with Gasteiger partial charge in [0.05, 0.1) is 7.11 Å². The number of anilines is 2. The van der Waals surface area contributed by atoms with E-state index in [0.717, 1.165) is 10.9 Å². The molecule has 0 atom stereocenters. The van der Waals surface area contributed by atoms with E-state index in [2.05, 4.69) is 10.6 Å². The van der Waals surface area contributed by atoms with Crippen molar-refractivity contribution in [2.75, 3.05) is 17.7 Å². The molecule has 8 nitrogen and oxygen atoms in total. The van der Waals surface area contributed by atoms with Gasteiger partial charge in [0.15, 0.2) is 5.75 Å². The highest BCUT2D eigenvalue weighted by Crippen LogP contribution is 2.29. The van der Waals surface area contributed by atoms with Crippen molar-refractivity contribution < 1.29 is 26.9 Å². The fraction of sp³-hybridized carbons (Fsp3) is 0.0769. The van der Waals surface area contributed by atoms with Gasteiger partial charge in [-0.3, -0.25) is 0 Å². The number of urea groups is 1. The topological polar surface area (TPSA) is 111 Å². The molecule has 4 rings (SSSR count). The largest absolute Gasteiger partial charge is 0.465 e. The minimum atomic E-state index is -4.30. The summed E-state index contributed by atoms with van der Waals surface area (Å²) in [6, 6.07) is 22.6. The van der Waals surface area contributed by atoms with E-state index in [1.54, 1.807) is 30.3 Å². The summed E-state index contributed by atoms with van der Waals surface area (Å²) in [7, 11) is -3.13. The Bertz CT molecular complexity index is 1530. The number of amides is 2. The molecule has 4 aromatic rings. The zero-order valence-corrected chi connectivity index (χ0v) is 19.8. The standard InChI is InChI=1S/C26H22N2O6S/c1-17-7-3-6-10-23(17)28-26(30)27-20-12-14-22(25(29)33-2)24(16-20)34-35(31,32)21-13-11-18-8-4-5-9-19(18)15-21/h3-16H,1-2H3,(H2,27,28,30). The van der Waals surface area contributed by atoms with Crippen molar-refractivity contribution >= 4 is 44.3 Å². The van der Waals surface area contributed by atoms with E-state index in [0.29, 0.717) is 11.1 Å². The summed E-state index contributed by atoms with van der Waals surface area (Å²) in [5.74, 6) is -1.07. The summed E-state index contributed by atoms with van der Waals surface area (Å²) in [4.78, 5) is 24.6. The molecule has 2 N–H and O–H groups in total. The third-order valence-corrected chi connectivity index (χ3v) is 6.48. The molecule has 0 heterocycles. The Morgan fingerprint density at radius 3 is 2.26 bits per heavy atom. The fourth-order valence-corrected chi connectivity index (χ4v) is 4.41. The molecular weight excluding hydrogens is 468 g/mol. The summed E-state index contributed by atoms with van der Waals surface area (Å²) >= 11 is 0. The highest BCUT2D eigenvalue weighted by molar-refractivity contribution is 7.87. The molecule has 4 aromatic carbocycles. The molecule has 0 spiro atoms. The van der Waals surface area contributed by atoms with E-state index in [1.165, 1.54) is 37.4 Å². The Hall–Kier alpha value is -4.37. The second-order valence-corrected chi connectivity index (χ2v) is 9.19. The van der Waals surface area contributed by atoms with Gasteiger partial charge < -0.3 is 19.6 Å². The number of para-hydroxylation sites is 1. The molecule has 9 heteroatoms. The van der Waals surface area contributed by atoms with Gasteiger partial charge in [-0.15, -0.1) is 0 Å². The molecule has 35 heavy (non-hydrogen) atoms. The number of hydrogen-bond acceptors (Lipinski definition) is 6. The maximum Gasteiger partial charge on any atom is 0.341 e. The summed E-state index contributed by atoms with van der Waals surface area (Å²) in [6.45, 7) is 1.85. The summed E-state index contributed by atoms with van der Waals surface area (Å²) in [5.41, 5.74) is 1.59. The number of carbonyl (C=O) groups is 2. The zero-order valence-electron chi connectivity index (χ0n) is 18.9. The Balaban J connectivity index is 1.63. The number of ether oxygens (including phenoxy) is 1. The number of carbonyl (C=O) groups excluding carboxylic acids is 2. The van der Waals surface area contributed by atoms with Crippen LogP contribution in [0.3, 0.4) is 0 Å². The van der Waals surface area contributed by atoms with E-state index >= 15 is 0 Å². The van der Waals surface area contributed by atoms with Crippen molar-refractivity contribution in [2.45, 2.75) is 11.8 Å². The Labute approximate surface area is 202 Å². The van der Waals surface area contributed by atoms with Crippen LogP contribution in [0.1, 0.15) is 15.9 Å². The van der Waals surface area contributed by atoms with Gasteiger partial charge in [0, 0.05) is 17.4 Å². The van der Waals surface area contributed by atoms with Crippen LogP contribution in [0.25, 0.3) is 10.8 Å². The molecule has 0 fully saturated rings. The van der Waals surface area contributed by atoms with Gasteiger partial charge in [0.2, 0.25) is 0 Å². The SMILES string of the molecule is COC(=O)c1ccc(NC(=O)Nc2ccccc2C)cc1OS(=O)(=O)c1ccc2ccccc2c1. The van der Waals surface area contributed by atoms with Crippen molar-refractivity contribution in [3.63, 3.8) is 0 Å². The number of nitrogens with one attached hydrogen (secondary N) is 2. The van der Waals surface area contributed by atoms with Gasteiger partial charge in [0.25, 0.3) is 0 Å². The van der Waals surface area contributed by atoms with Crippen LogP contribution in [0.4, 0.5) is 16.2 Å². The summed E-state index contributed by atoms with van der Waals surface area (Å²) in [6.07, 6.45) is 0. The molecule has 0 aliphatic heterocycles. The van der Waals surface area contributed by atoms with Gasteiger partial charge in [-0.2, -0.15) is 8.42 Å². The second-order valence-electron chi connectivity index (χ2n) is 7.64. The third-order valence-electron chi connectivity index (χ3n) is 5.25. The quantitative estimate of drug-likeness (QED) is 0.279.